The van der Waals surface area contributed by atoms with Gasteiger partial charge in [-0.05, 0) is 90.1 Å². The van der Waals surface area contributed by atoms with Gasteiger partial charge >= 0.3 is 0 Å². The van der Waals surface area contributed by atoms with E-state index in [1.54, 1.807) is 48.5 Å². The van der Waals surface area contributed by atoms with E-state index in [1.807, 2.05) is 13.8 Å². The van der Waals surface area contributed by atoms with Gasteiger partial charge in [-0.3, -0.25) is 13.9 Å². The smallest absolute Gasteiger partial charge is 0.264 e. The van der Waals surface area contributed by atoms with Crippen LogP contribution in [0.15, 0.2) is 70.0 Å². The van der Waals surface area contributed by atoms with Gasteiger partial charge in [0.05, 0.1) is 22.2 Å². The Morgan fingerprint density at radius 1 is 1.05 bits per heavy atom. The molecule has 12 heteroatoms. The molecule has 1 saturated carbocycles. The van der Waals surface area contributed by atoms with Crippen molar-refractivity contribution in [3.63, 3.8) is 0 Å². The molecule has 8 nitrogen and oxygen atoms in total. The van der Waals surface area contributed by atoms with Crippen LogP contribution in [0.25, 0.3) is 0 Å². The number of methoxy groups -OCH3 is 1. The number of sulfonamides is 1. The van der Waals surface area contributed by atoms with E-state index in [0.29, 0.717) is 37.9 Å². The second-order valence-electron chi connectivity index (χ2n) is 10.8. The first-order chi connectivity index (χ1) is 20.9. The van der Waals surface area contributed by atoms with E-state index in [0.717, 1.165) is 35.6 Å². The van der Waals surface area contributed by atoms with Crippen molar-refractivity contribution in [3.8, 4) is 5.75 Å². The lowest BCUT2D eigenvalue weighted by atomic mass is 10.1. The summed E-state index contributed by atoms with van der Waals surface area (Å²) < 4.78 is 35.1. The summed E-state index contributed by atoms with van der Waals surface area (Å²) in [5.41, 5.74) is 1.82. The molecule has 0 spiro atoms. The van der Waals surface area contributed by atoms with Gasteiger partial charge in [0.1, 0.15) is 18.3 Å². The van der Waals surface area contributed by atoms with Crippen molar-refractivity contribution in [2.45, 2.75) is 69.5 Å². The van der Waals surface area contributed by atoms with Crippen LogP contribution in [0, 0.1) is 6.92 Å². The number of hydrogen-bond donors (Lipinski definition) is 1. The van der Waals surface area contributed by atoms with E-state index in [2.05, 4.69) is 21.2 Å². The van der Waals surface area contributed by atoms with Gasteiger partial charge in [0.2, 0.25) is 11.8 Å². The van der Waals surface area contributed by atoms with Gasteiger partial charge in [-0.2, -0.15) is 0 Å². The molecule has 4 rings (SSSR count). The number of nitrogens with zero attached hydrogens (tertiary/aromatic N) is 2. The first kappa shape index (κ1) is 34.1. The van der Waals surface area contributed by atoms with Crippen molar-refractivity contribution in [2.75, 3.05) is 18.0 Å². The number of halogens is 3. The Bertz CT molecular complexity index is 1600. The van der Waals surface area contributed by atoms with Gasteiger partial charge < -0.3 is 15.0 Å². The third-order valence-corrected chi connectivity index (χ3v) is 10.7. The number of hydrogen-bond acceptors (Lipinski definition) is 5. The Hall–Kier alpha value is -2.79. The molecule has 1 fully saturated rings. The fraction of sp³-hybridized carbons (Fsp3) is 0.375. The molecule has 1 aliphatic carbocycles. The second-order valence-corrected chi connectivity index (χ2v) is 14.4. The number of carbonyl (C=O) groups is 2. The Labute approximate surface area is 277 Å². The van der Waals surface area contributed by atoms with E-state index >= 15 is 0 Å². The van der Waals surface area contributed by atoms with E-state index in [-0.39, 0.29) is 23.4 Å². The van der Waals surface area contributed by atoms with Crippen LogP contribution in [0.4, 0.5) is 5.69 Å². The van der Waals surface area contributed by atoms with Gasteiger partial charge in [0, 0.05) is 22.6 Å². The maximum Gasteiger partial charge on any atom is 0.264 e. The molecular weight excluding hydrogens is 689 g/mol. The van der Waals surface area contributed by atoms with Crippen LogP contribution in [-0.4, -0.2) is 50.9 Å². The van der Waals surface area contributed by atoms with Crippen LogP contribution in [-0.2, 0) is 26.2 Å². The number of benzene rings is 3. The predicted octanol–water partition coefficient (Wildman–Crippen LogP) is 7.13. The maximum atomic E-state index is 14.3. The van der Waals surface area contributed by atoms with Gasteiger partial charge in [-0.25, -0.2) is 8.42 Å². The lowest BCUT2D eigenvalue weighted by molar-refractivity contribution is -0.140. The second kappa shape index (κ2) is 15.0. The zero-order chi connectivity index (χ0) is 32.0. The molecule has 2 amide bonds. The summed E-state index contributed by atoms with van der Waals surface area (Å²) >= 11 is 16.0. The first-order valence-electron chi connectivity index (χ1n) is 14.4. The number of rotatable bonds is 12. The SMILES string of the molecule is CC[C@@H](C(=O)NC1CCCC1)N(Cc1ccc(Cl)cc1Cl)C(=O)CN(c1ccc(C)cc1)S(=O)(=O)c1ccc(OC)c(Br)c1. The Morgan fingerprint density at radius 2 is 1.73 bits per heavy atom. The standard InChI is InChI=1S/C32H36BrCl2N3O5S/c1-4-29(32(40)36-24-7-5-6-8-24)37(19-22-11-12-23(34)17-28(22)35)31(39)20-38(25-13-9-21(2)10-14-25)44(41,42)26-15-16-30(43-3)27(33)18-26/h9-18,24,29H,4-8,19-20H2,1-3H3,(H,36,40)/t29-/m0/s1. The lowest BCUT2D eigenvalue weighted by Crippen LogP contribution is -2.53. The van der Waals surface area contributed by atoms with Gasteiger partial charge in [-0.15, -0.1) is 0 Å². The third-order valence-electron chi connectivity index (χ3n) is 7.76. The Kier molecular flexibility index (Phi) is 11.6. The molecule has 0 unspecified atom stereocenters. The molecule has 236 valence electrons. The van der Waals surface area contributed by atoms with Gasteiger partial charge in [0.15, 0.2) is 0 Å². The third kappa shape index (κ3) is 8.07. The molecule has 0 aromatic heterocycles. The van der Waals surface area contributed by atoms with E-state index in [4.69, 9.17) is 27.9 Å². The zero-order valence-corrected chi connectivity index (χ0v) is 28.8. The Morgan fingerprint density at radius 3 is 2.32 bits per heavy atom. The summed E-state index contributed by atoms with van der Waals surface area (Å²) in [6.45, 7) is 3.15. The van der Waals surface area contributed by atoms with Gasteiger partial charge in [-0.1, -0.05) is 66.7 Å². The highest BCUT2D eigenvalue weighted by Gasteiger charge is 2.35. The summed E-state index contributed by atoms with van der Waals surface area (Å²) in [6, 6.07) is 15.4. The summed E-state index contributed by atoms with van der Waals surface area (Å²) in [5, 5.41) is 3.88. The number of nitrogens with one attached hydrogen (secondary N) is 1. The van der Waals surface area contributed by atoms with Crippen LogP contribution >= 0.6 is 39.1 Å². The highest BCUT2D eigenvalue weighted by molar-refractivity contribution is 9.10. The first-order valence-corrected chi connectivity index (χ1v) is 17.4. The molecule has 0 radical (unpaired) electrons. The molecule has 0 bridgehead atoms. The van der Waals surface area contributed by atoms with Crippen molar-refractivity contribution >= 4 is 66.7 Å². The van der Waals surface area contributed by atoms with E-state index in [1.165, 1.54) is 24.1 Å². The average molecular weight is 726 g/mol. The minimum Gasteiger partial charge on any atom is -0.496 e. The van der Waals surface area contributed by atoms with Crippen molar-refractivity contribution in [1.82, 2.24) is 10.2 Å². The Balaban J connectivity index is 1.74. The molecule has 0 aliphatic heterocycles. The minimum atomic E-state index is -4.24. The molecule has 0 saturated heterocycles. The van der Waals surface area contributed by atoms with E-state index < -0.39 is 28.5 Å². The van der Waals surface area contributed by atoms with Crippen LogP contribution in [0.2, 0.25) is 10.0 Å². The van der Waals surface area contributed by atoms with Crippen LogP contribution in [0.3, 0.4) is 0 Å². The molecule has 3 aromatic rings. The fourth-order valence-electron chi connectivity index (χ4n) is 5.30. The number of amides is 2. The molecule has 3 aromatic carbocycles. The maximum absolute atomic E-state index is 14.3. The summed E-state index contributed by atoms with van der Waals surface area (Å²) in [4.78, 5) is 29.3. The van der Waals surface area contributed by atoms with Crippen LogP contribution in [0.1, 0.15) is 50.2 Å². The highest BCUT2D eigenvalue weighted by atomic mass is 79.9. The van der Waals surface area contributed by atoms with Crippen LogP contribution in [0.5, 0.6) is 5.75 Å². The van der Waals surface area contributed by atoms with Crippen molar-refractivity contribution in [3.05, 3.63) is 86.3 Å². The number of aryl methyl sites for hydroxylation is 1. The summed E-state index contributed by atoms with van der Waals surface area (Å²) in [5.74, 6) is -0.366. The average Bonchev–Trinajstić information content (AvgIpc) is 3.50. The number of anilines is 1. The normalized spacial score (nSPS) is 14.2. The molecule has 1 aliphatic rings. The highest BCUT2D eigenvalue weighted by Crippen LogP contribution is 2.32. The quantitative estimate of drug-likeness (QED) is 0.214. The fourth-order valence-corrected chi connectivity index (χ4v) is 7.90. The van der Waals surface area contributed by atoms with Gasteiger partial charge in [0.25, 0.3) is 10.0 Å². The molecular formula is C32H36BrCl2N3O5S. The molecule has 44 heavy (non-hydrogen) atoms. The molecule has 1 atom stereocenters. The lowest BCUT2D eigenvalue weighted by Gasteiger charge is -2.34. The summed E-state index contributed by atoms with van der Waals surface area (Å²) in [6.07, 6.45) is 4.16. The number of carbonyl (C=O) groups excluding carboxylic acids is 2. The monoisotopic (exact) mass is 723 g/mol. The zero-order valence-electron chi connectivity index (χ0n) is 24.9. The molecule has 1 N–H and O–H groups in total. The van der Waals surface area contributed by atoms with E-state index in [9.17, 15) is 18.0 Å². The van der Waals surface area contributed by atoms with Crippen molar-refractivity contribution in [1.29, 1.82) is 0 Å². The predicted molar refractivity (Wildman–Crippen MR) is 178 cm³/mol. The van der Waals surface area contributed by atoms with Crippen molar-refractivity contribution in [2.24, 2.45) is 0 Å². The van der Waals surface area contributed by atoms with Crippen molar-refractivity contribution < 1.29 is 22.7 Å². The summed E-state index contributed by atoms with van der Waals surface area (Å²) in [7, 11) is -2.76. The largest absolute Gasteiger partial charge is 0.496 e. The molecule has 0 heterocycles. The van der Waals surface area contributed by atoms with Crippen LogP contribution < -0.4 is 14.4 Å². The topological polar surface area (TPSA) is 96.0 Å². The number of ether oxygens (including phenoxy) is 1. The minimum absolute atomic E-state index is 0.0126.